The van der Waals surface area contributed by atoms with Gasteiger partial charge in [0.05, 0.1) is 12.8 Å². The largest absolute Gasteiger partial charge is 0.490 e. The fourth-order valence-electron chi connectivity index (χ4n) is 3.75. The van der Waals surface area contributed by atoms with Crippen LogP contribution in [0.15, 0.2) is 42.7 Å². The molecular formula is C24H31ClN2O3. The van der Waals surface area contributed by atoms with Gasteiger partial charge in [0.15, 0.2) is 0 Å². The molecule has 2 aromatic rings. The molecule has 3 atom stereocenters. The van der Waals surface area contributed by atoms with E-state index in [2.05, 4.69) is 16.4 Å². The van der Waals surface area contributed by atoms with Crippen molar-refractivity contribution in [2.24, 2.45) is 5.92 Å². The first-order chi connectivity index (χ1) is 14.8. The Morgan fingerprint density at radius 3 is 2.70 bits per heavy atom. The normalized spacial score (nSPS) is 22.5. The smallest absolute Gasteiger partial charge is 0.137 e. The number of nitrogens with one attached hydrogen (secondary N) is 1. The lowest BCUT2D eigenvalue weighted by molar-refractivity contribution is 0.0735. The van der Waals surface area contributed by atoms with Crippen molar-refractivity contribution in [3.63, 3.8) is 0 Å². The highest BCUT2D eigenvalue weighted by Crippen LogP contribution is 2.49. The summed E-state index contributed by atoms with van der Waals surface area (Å²) in [6, 6.07) is 10.4. The Hall–Kier alpha value is -1.66. The van der Waals surface area contributed by atoms with Crippen LogP contribution in [0.3, 0.4) is 0 Å². The number of halogens is 1. The molecule has 0 amide bonds. The van der Waals surface area contributed by atoms with Gasteiger partial charge >= 0.3 is 0 Å². The fourth-order valence-corrected chi connectivity index (χ4v) is 3.88. The molecule has 6 heteroatoms. The summed E-state index contributed by atoms with van der Waals surface area (Å²) in [5.41, 5.74) is 2.44. The van der Waals surface area contributed by atoms with Gasteiger partial charge in [-0.2, -0.15) is 0 Å². The van der Waals surface area contributed by atoms with Crippen molar-refractivity contribution < 1.29 is 14.2 Å². The quantitative estimate of drug-likeness (QED) is 0.471. The van der Waals surface area contributed by atoms with Crippen molar-refractivity contribution in [3.8, 4) is 5.75 Å². The molecule has 2 aliphatic rings. The fraction of sp³-hybridized carbons (Fsp3) is 0.542. The second-order valence-corrected chi connectivity index (χ2v) is 8.68. The van der Waals surface area contributed by atoms with Crippen LogP contribution >= 0.6 is 11.6 Å². The average molecular weight is 431 g/mol. The van der Waals surface area contributed by atoms with Crippen LogP contribution in [0.2, 0.25) is 5.02 Å². The summed E-state index contributed by atoms with van der Waals surface area (Å²) >= 11 is 5.88. The van der Waals surface area contributed by atoms with E-state index >= 15 is 0 Å². The Balaban J connectivity index is 1.04. The van der Waals surface area contributed by atoms with Crippen LogP contribution in [0.5, 0.6) is 5.75 Å². The van der Waals surface area contributed by atoms with Crippen molar-refractivity contribution >= 4 is 11.6 Å². The molecule has 1 saturated heterocycles. The minimum Gasteiger partial charge on any atom is -0.490 e. The summed E-state index contributed by atoms with van der Waals surface area (Å²) in [7, 11) is 0. The van der Waals surface area contributed by atoms with Gasteiger partial charge in [0, 0.05) is 37.1 Å². The third-order valence-electron chi connectivity index (χ3n) is 5.85. The van der Waals surface area contributed by atoms with E-state index in [0.29, 0.717) is 31.1 Å². The summed E-state index contributed by atoms with van der Waals surface area (Å²) in [4.78, 5) is 4.37. The number of nitrogens with zero attached hydrogens (tertiary/aromatic N) is 1. The molecule has 2 heterocycles. The maximum Gasteiger partial charge on any atom is 0.137 e. The Morgan fingerprint density at radius 2 is 1.90 bits per heavy atom. The Bertz CT molecular complexity index is 782. The highest BCUT2D eigenvalue weighted by molar-refractivity contribution is 6.30. The van der Waals surface area contributed by atoms with E-state index in [1.165, 1.54) is 18.4 Å². The van der Waals surface area contributed by atoms with Gasteiger partial charge in [0.25, 0.3) is 0 Å². The van der Waals surface area contributed by atoms with Crippen LogP contribution < -0.4 is 10.1 Å². The third kappa shape index (κ3) is 6.67. The minimum absolute atomic E-state index is 0.502. The predicted octanol–water partition coefficient (Wildman–Crippen LogP) is 4.59. The van der Waals surface area contributed by atoms with Gasteiger partial charge in [0.1, 0.15) is 12.4 Å². The van der Waals surface area contributed by atoms with Crippen molar-refractivity contribution in [2.45, 2.75) is 44.2 Å². The van der Waals surface area contributed by atoms with E-state index in [1.54, 1.807) is 0 Å². The molecule has 1 aromatic carbocycles. The Morgan fingerprint density at radius 1 is 1.07 bits per heavy atom. The molecule has 2 fully saturated rings. The van der Waals surface area contributed by atoms with E-state index in [0.717, 1.165) is 55.5 Å². The van der Waals surface area contributed by atoms with Gasteiger partial charge in [-0.1, -0.05) is 23.7 Å². The lowest BCUT2D eigenvalue weighted by atomic mass is 10.1. The van der Waals surface area contributed by atoms with Crippen LogP contribution in [0.1, 0.15) is 42.7 Å². The van der Waals surface area contributed by atoms with Gasteiger partial charge in [-0.25, -0.2) is 0 Å². The topological polar surface area (TPSA) is 52.6 Å². The summed E-state index contributed by atoms with van der Waals surface area (Å²) in [6.45, 7) is 4.73. The van der Waals surface area contributed by atoms with Gasteiger partial charge < -0.3 is 19.5 Å². The van der Waals surface area contributed by atoms with Gasteiger partial charge in [-0.05, 0) is 73.4 Å². The third-order valence-corrected chi connectivity index (χ3v) is 6.11. The van der Waals surface area contributed by atoms with Gasteiger partial charge in [-0.15, -0.1) is 0 Å². The zero-order valence-corrected chi connectivity index (χ0v) is 18.2. The predicted molar refractivity (Wildman–Crippen MR) is 118 cm³/mol. The first kappa shape index (κ1) is 21.6. The second kappa shape index (κ2) is 11.1. The number of benzene rings is 1. The summed E-state index contributed by atoms with van der Waals surface area (Å²) < 4.78 is 17.4. The Kier molecular flexibility index (Phi) is 7.98. The molecule has 1 N–H and O–H groups in total. The molecular weight excluding hydrogens is 400 g/mol. The molecule has 30 heavy (non-hydrogen) atoms. The van der Waals surface area contributed by atoms with E-state index in [-0.39, 0.29) is 0 Å². The number of aromatic nitrogens is 1. The maximum atomic E-state index is 5.88. The minimum atomic E-state index is 0.502. The summed E-state index contributed by atoms with van der Waals surface area (Å²) in [5.74, 6) is 2.20. The van der Waals surface area contributed by atoms with Crippen LogP contribution in [-0.4, -0.2) is 44.0 Å². The first-order valence-electron chi connectivity index (χ1n) is 11.0. The first-order valence-corrected chi connectivity index (χ1v) is 11.4. The molecule has 5 nitrogen and oxygen atoms in total. The molecule has 1 aliphatic heterocycles. The standard InChI is InChI=1S/C24H31ClN2O3/c25-21-4-2-18(3-5-21)16-29-10-1-9-28-11-7-19-13-24(19)20-12-23(15-26-14-20)30-17-22-6-8-27-22/h2-5,12,14-15,19,22,24,27H,1,6-11,13,16-17H2/t19-,22-,24-/m0/s1. The zero-order valence-electron chi connectivity index (χ0n) is 17.4. The SMILES string of the molecule is Clc1ccc(COCCCOCC[C@H]2C[C@@H]2c2cncc(OC[C@@H]3CCN3)c2)cc1. The van der Waals surface area contributed by atoms with Crippen molar-refractivity contribution in [3.05, 3.63) is 58.9 Å². The molecule has 0 unspecified atom stereocenters. The summed E-state index contributed by atoms with van der Waals surface area (Å²) in [5, 5.41) is 4.11. The molecule has 4 rings (SSSR count). The average Bonchev–Trinajstić information content (AvgIpc) is 3.50. The van der Waals surface area contributed by atoms with Gasteiger partial charge in [0.2, 0.25) is 0 Å². The highest BCUT2D eigenvalue weighted by atomic mass is 35.5. The number of ether oxygens (including phenoxy) is 3. The van der Waals surface area contributed by atoms with Crippen molar-refractivity contribution in [2.75, 3.05) is 33.0 Å². The maximum absolute atomic E-state index is 5.88. The molecule has 1 aliphatic carbocycles. The lowest BCUT2D eigenvalue weighted by Crippen LogP contribution is -2.46. The lowest BCUT2D eigenvalue weighted by Gasteiger charge is -2.27. The van der Waals surface area contributed by atoms with Crippen LogP contribution in [0.25, 0.3) is 0 Å². The van der Waals surface area contributed by atoms with E-state index < -0.39 is 0 Å². The number of hydrogen-bond donors (Lipinski definition) is 1. The number of rotatable bonds is 13. The van der Waals surface area contributed by atoms with Crippen LogP contribution in [-0.2, 0) is 16.1 Å². The molecule has 0 radical (unpaired) electrons. The zero-order chi connectivity index (χ0) is 20.6. The van der Waals surface area contributed by atoms with Crippen molar-refractivity contribution in [1.82, 2.24) is 10.3 Å². The number of hydrogen-bond acceptors (Lipinski definition) is 5. The van der Waals surface area contributed by atoms with Gasteiger partial charge in [-0.3, -0.25) is 4.98 Å². The molecule has 162 valence electrons. The van der Waals surface area contributed by atoms with Crippen LogP contribution in [0, 0.1) is 5.92 Å². The summed E-state index contributed by atoms with van der Waals surface area (Å²) in [6.07, 6.45) is 8.25. The molecule has 1 saturated carbocycles. The van der Waals surface area contributed by atoms with E-state index in [9.17, 15) is 0 Å². The van der Waals surface area contributed by atoms with Crippen LogP contribution in [0.4, 0.5) is 0 Å². The van der Waals surface area contributed by atoms with E-state index in [1.807, 2.05) is 36.7 Å². The Labute approximate surface area is 184 Å². The molecule has 1 aromatic heterocycles. The van der Waals surface area contributed by atoms with E-state index in [4.69, 9.17) is 25.8 Å². The molecule has 0 bridgehead atoms. The monoisotopic (exact) mass is 430 g/mol. The van der Waals surface area contributed by atoms with Crippen molar-refractivity contribution in [1.29, 1.82) is 0 Å². The highest BCUT2D eigenvalue weighted by Gasteiger charge is 2.38. The molecule has 0 spiro atoms. The second-order valence-electron chi connectivity index (χ2n) is 8.24. The number of pyridine rings is 1.